The molecular formula is C7H10N2O2S. The highest BCUT2D eigenvalue weighted by atomic mass is 32.1. The van der Waals surface area contributed by atoms with E-state index in [0.717, 1.165) is 5.69 Å². The number of carboxylic acid groups (broad SMARTS) is 1. The van der Waals surface area contributed by atoms with E-state index in [1.807, 2.05) is 5.38 Å². The lowest BCUT2D eigenvalue weighted by atomic mass is 10.4. The van der Waals surface area contributed by atoms with E-state index in [1.54, 1.807) is 12.4 Å². The first-order valence-corrected chi connectivity index (χ1v) is 4.53. The summed E-state index contributed by atoms with van der Waals surface area (Å²) >= 11 is 1.47. The Bertz CT molecular complexity index is 248. The summed E-state index contributed by atoms with van der Waals surface area (Å²) in [6, 6.07) is 0. The molecule has 0 radical (unpaired) electrons. The zero-order valence-corrected chi connectivity index (χ0v) is 7.54. The molecule has 12 heavy (non-hydrogen) atoms. The van der Waals surface area contributed by atoms with Crippen molar-refractivity contribution in [3.8, 4) is 0 Å². The Hall–Kier alpha value is -1.10. The minimum atomic E-state index is -0.898. The van der Waals surface area contributed by atoms with E-state index in [0.29, 0.717) is 13.1 Å². The van der Waals surface area contributed by atoms with Crippen LogP contribution < -0.4 is 0 Å². The molecule has 1 N–H and O–H groups in total. The van der Waals surface area contributed by atoms with Gasteiger partial charge in [0.1, 0.15) is 0 Å². The second kappa shape index (κ2) is 4.06. The lowest BCUT2D eigenvalue weighted by Gasteiger charge is -2.14. The Kier molecular flexibility index (Phi) is 3.04. The van der Waals surface area contributed by atoms with E-state index in [-0.39, 0.29) is 0 Å². The molecule has 0 unspecified atom stereocenters. The van der Waals surface area contributed by atoms with Gasteiger partial charge in [0.15, 0.2) is 0 Å². The highest BCUT2D eigenvalue weighted by Crippen LogP contribution is 2.04. The van der Waals surface area contributed by atoms with Gasteiger partial charge in [-0.2, -0.15) is 0 Å². The van der Waals surface area contributed by atoms with E-state index >= 15 is 0 Å². The SMILES string of the molecule is CCN(Cc1cscn1)C(=O)O. The Morgan fingerprint density at radius 1 is 1.83 bits per heavy atom. The Labute approximate surface area is 74.5 Å². The molecule has 1 rings (SSSR count). The van der Waals surface area contributed by atoms with Crippen molar-refractivity contribution in [2.45, 2.75) is 13.5 Å². The molecule has 0 aliphatic heterocycles. The van der Waals surface area contributed by atoms with Crippen molar-refractivity contribution in [1.29, 1.82) is 0 Å². The van der Waals surface area contributed by atoms with Crippen LogP contribution in [0.25, 0.3) is 0 Å². The third kappa shape index (κ3) is 2.20. The van der Waals surface area contributed by atoms with Crippen molar-refractivity contribution < 1.29 is 9.90 Å². The standard InChI is InChI=1S/C7H10N2O2S/c1-2-9(7(10)11)3-6-4-12-5-8-6/h4-5H,2-3H2,1H3,(H,10,11). The second-order valence-corrected chi connectivity index (χ2v) is 3.00. The summed E-state index contributed by atoms with van der Waals surface area (Å²) < 4.78 is 0. The Morgan fingerprint density at radius 2 is 2.58 bits per heavy atom. The maximum Gasteiger partial charge on any atom is 0.407 e. The predicted octanol–water partition coefficient (Wildman–Crippen LogP) is 1.64. The number of carbonyl (C=O) groups is 1. The minimum absolute atomic E-state index is 0.384. The molecule has 0 saturated carbocycles. The molecule has 0 fully saturated rings. The maximum absolute atomic E-state index is 10.6. The molecule has 0 aliphatic rings. The highest BCUT2D eigenvalue weighted by Gasteiger charge is 2.09. The highest BCUT2D eigenvalue weighted by molar-refractivity contribution is 7.07. The molecule has 1 aromatic rings. The molecule has 0 aromatic carbocycles. The fourth-order valence-corrected chi connectivity index (χ4v) is 1.38. The van der Waals surface area contributed by atoms with Gasteiger partial charge in [-0.15, -0.1) is 11.3 Å². The van der Waals surface area contributed by atoms with Gasteiger partial charge in [-0.3, -0.25) is 0 Å². The van der Waals surface area contributed by atoms with Gasteiger partial charge in [0.25, 0.3) is 0 Å². The molecular weight excluding hydrogens is 176 g/mol. The van der Waals surface area contributed by atoms with Gasteiger partial charge in [0.05, 0.1) is 17.7 Å². The van der Waals surface area contributed by atoms with Crippen LogP contribution in [0.3, 0.4) is 0 Å². The molecule has 66 valence electrons. The number of aromatic nitrogens is 1. The Balaban J connectivity index is 2.54. The van der Waals surface area contributed by atoms with Crippen LogP contribution in [-0.4, -0.2) is 27.6 Å². The first-order valence-electron chi connectivity index (χ1n) is 3.59. The van der Waals surface area contributed by atoms with Crippen molar-refractivity contribution in [3.05, 3.63) is 16.6 Å². The lowest BCUT2D eigenvalue weighted by Crippen LogP contribution is -2.28. The largest absolute Gasteiger partial charge is 0.465 e. The number of nitrogens with zero attached hydrogens (tertiary/aromatic N) is 2. The zero-order chi connectivity index (χ0) is 8.97. The summed E-state index contributed by atoms with van der Waals surface area (Å²) in [6.45, 7) is 2.68. The smallest absolute Gasteiger partial charge is 0.407 e. The summed E-state index contributed by atoms with van der Waals surface area (Å²) in [7, 11) is 0. The van der Waals surface area contributed by atoms with E-state index < -0.39 is 6.09 Å². The average Bonchev–Trinajstić information content (AvgIpc) is 2.51. The fraction of sp³-hybridized carbons (Fsp3) is 0.429. The number of amides is 1. The molecule has 5 heteroatoms. The van der Waals surface area contributed by atoms with Crippen LogP contribution in [0.4, 0.5) is 4.79 Å². The van der Waals surface area contributed by atoms with Crippen LogP contribution in [0.15, 0.2) is 10.9 Å². The first kappa shape index (κ1) is 8.99. The number of hydrogen-bond donors (Lipinski definition) is 1. The third-order valence-corrected chi connectivity index (χ3v) is 2.12. The number of hydrogen-bond acceptors (Lipinski definition) is 3. The van der Waals surface area contributed by atoms with Crippen LogP contribution >= 0.6 is 11.3 Å². The van der Waals surface area contributed by atoms with Gasteiger partial charge in [0, 0.05) is 11.9 Å². The average molecular weight is 186 g/mol. The molecule has 0 aliphatic carbocycles. The van der Waals surface area contributed by atoms with Crippen molar-refractivity contribution in [1.82, 2.24) is 9.88 Å². The van der Waals surface area contributed by atoms with Crippen LogP contribution in [0.5, 0.6) is 0 Å². The van der Waals surface area contributed by atoms with Crippen molar-refractivity contribution in [2.75, 3.05) is 6.54 Å². The summed E-state index contributed by atoms with van der Waals surface area (Å²) in [6.07, 6.45) is -0.898. The van der Waals surface area contributed by atoms with Crippen molar-refractivity contribution in [2.24, 2.45) is 0 Å². The van der Waals surface area contributed by atoms with Crippen LogP contribution in [0.2, 0.25) is 0 Å². The molecule has 1 heterocycles. The van der Waals surface area contributed by atoms with E-state index in [2.05, 4.69) is 4.98 Å². The van der Waals surface area contributed by atoms with Gasteiger partial charge in [-0.05, 0) is 6.92 Å². The van der Waals surface area contributed by atoms with Crippen LogP contribution in [0.1, 0.15) is 12.6 Å². The molecule has 0 bridgehead atoms. The van der Waals surface area contributed by atoms with Gasteiger partial charge < -0.3 is 10.0 Å². The summed E-state index contributed by atoms with van der Waals surface area (Å²) in [5.74, 6) is 0. The van der Waals surface area contributed by atoms with Gasteiger partial charge in [0.2, 0.25) is 0 Å². The second-order valence-electron chi connectivity index (χ2n) is 2.28. The molecule has 0 saturated heterocycles. The van der Waals surface area contributed by atoms with E-state index in [4.69, 9.17) is 5.11 Å². The lowest BCUT2D eigenvalue weighted by molar-refractivity contribution is 0.144. The van der Waals surface area contributed by atoms with E-state index in [1.165, 1.54) is 16.2 Å². The molecule has 0 spiro atoms. The van der Waals surface area contributed by atoms with E-state index in [9.17, 15) is 4.79 Å². The summed E-state index contributed by atoms with van der Waals surface area (Å²) in [4.78, 5) is 15.9. The molecule has 0 atom stereocenters. The predicted molar refractivity (Wildman–Crippen MR) is 46.2 cm³/mol. The molecule has 1 aromatic heterocycles. The monoisotopic (exact) mass is 186 g/mol. The molecule has 4 nitrogen and oxygen atoms in total. The summed E-state index contributed by atoms with van der Waals surface area (Å²) in [5, 5.41) is 10.5. The number of thiazole rings is 1. The van der Waals surface area contributed by atoms with Crippen molar-refractivity contribution >= 4 is 17.4 Å². The molecule has 1 amide bonds. The zero-order valence-electron chi connectivity index (χ0n) is 6.73. The first-order chi connectivity index (χ1) is 5.74. The quantitative estimate of drug-likeness (QED) is 0.780. The van der Waals surface area contributed by atoms with Crippen LogP contribution in [-0.2, 0) is 6.54 Å². The minimum Gasteiger partial charge on any atom is -0.465 e. The van der Waals surface area contributed by atoms with Crippen molar-refractivity contribution in [3.63, 3.8) is 0 Å². The maximum atomic E-state index is 10.6. The van der Waals surface area contributed by atoms with Gasteiger partial charge in [-0.1, -0.05) is 0 Å². The summed E-state index contributed by atoms with van der Waals surface area (Å²) in [5.41, 5.74) is 2.51. The third-order valence-electron chi connectivity index (χ3n) is 1.49. The fourth-order valence-electron chi connectivity index (χ4n) is 0.826. The van der Waals surface area contributed by atoms with Gasteiger partial charge in [-0.25, -0.2) is 9.78 Å². The van der Waals surface area contributed by atoms with Gasteiger partial charge >= 0.3 is 6.09 Å². The van der Waals surface area contributed by atoms with Crippen LogP contribution in [0, 0.1) is 0 Å². The number of rotatable bonds is 3. The Morgan fingerprint density at radius 3 is 3.00 bits per heavy atom. The normalized spacial score (nSPS) is 9.75. The topological polar surface area (TPSA) is 53.4 Å².